The Hall–Kier alpha value is -0.620. The highest BCUT2D eigenvalue weighted by Gasteiger charge is 2.33. The molecule has 0 atom stereocenters. The minimum Gasteiger partial charge on any atom is -0.466 e. The van der Waals surface area contributed by atoms with E-state index in [0.29, 0.717) is 6.61 Å². The highest BCUT2D eigenvalue weighted by atomic mass is 32.2. The Kier molecular flexibility index (Phi) is 5.41. The summed E-state index contributed by atoms with van der Waals surface area (Å²) in [6.45, 7) is 7.07. The molecule has 0 saturated heterocycles. The fraction of sp³-hybridized carbons (Fsp3) is 0.900. The SMILES string of the molecule is CCOC(=O)CCN(C)S(=O)(=O)C(C)(C)C. The second-order valence-electron chi connectivity index (χ2n) is 4.49. The monoisotopic (exact) mass is 251 g/mol. The summed E-state index contributed by atoms with van der Waals surface area (Å²) in [4.78, 5) is 11.1. The zero-order valence-electron chi connectivity index (χ0n) is 10.6. The van der Waals surface area contributed by atoms with Crippen LogP contribution in [0.1, 0.15) is 34.1 Å². The van der Waals surface area contributed by atoms with Gasteiger partial charge in [-0.05, 0) is 27.7 Å². The molecule has 0 aromatic rings. The molecule has 0 fully saturated rings. The molecular weight excluding hydrogens is 230 g/mol. The van der Waals surface area contributed by atoms with Crippen LogP contribution >= 0.6 is 0 Å². The van der Waals surface area contributed by atoms with Crippen LogP contribution < -0.4 is 0 Å². The van der Waals surface area contributed by atoms with Crippen molar-refractivity contribution in [2.24, 2.45) is 0 Å². The fourth-order valence-electron chi connectivity index (χ4n) is 1.07. The summed E-state index contributed by atoms with van der Waals surface area (Å²) in [5.74, 6) is -0.376. The van der Waals surface area contributed by atoms with Gasteiger partial charge in [0, 0.05) is 13.6 Å². The molecule has 0 radical (unpaired) electrons. The summed E-state index contributed by atoms with van der Waals surface area (Å²) in [5, 5.41) is 0. The second kappa shape index (κ2) is 5.63. The van der Waals surface area contributed by atoms with Gasteiger partial charge in [-0.2, -0.15) is 0 Å². The van der Waals surface area contributed by atoms with Crippen LogP contribution in [0.2, 0.25) is 0 Å². The molecule has 0 aromatic heterocycles. The molecule has 0 amide bonds. The summed E-state index contributed by atoms with van der Waals surface area (Å²) in [7, 11) is -1.89. The summed E-state index contributed by atoms with van der Waals surface area (Å²) >= 11 is 0. The van der Waals surface area contributed by atoms with E-state index >= 15 is 0 Å². The van der Waals surface area contributed by atoms with E-state index in [4.69, 9.17) is 4.74 Å². The number of nitrogens with zero attached hydrogens (tertiary/aromatic N) is 1. The number of carbonyl (C=O) groups excluding carboxylic acids is 1. The first-order valence-corrected chi connectivity index (χ1v) is 6.68. The molecule has 0 spiro atoms. The first-order chi connectivity index (χ1) is 7.13. The van der Waals surface area contributed by atoms with Gasteiger partial charge in [-0.1, -0.05) is 0 Å². The van der Waals surface area contributed by atoms with Crippen molar-refractivity contribution in [1.82, 2.24) is 4.31 Å². The number of hydrogen-bond acceptors (Lipinski definition) is 4. The van der Waals surface area contributed by atoms with E-state index in [1.54, 1.807) is 27.7 Å². The van der Waals surface area contributed by atoms with Gasteiger partial charge in [0.15, 0.2) is 0 Å². The third-order valence-electron chi connectivity index (χ3n) is 2.12. The van der Waals surface area contributed by atoms with Crippen molar-refractivity contribution in [3.05, 3.63) is 0 Å². The Morgan fingerprint density at radius 2 is 1.81 bits per heavy atom. The number of ether oxygens (including phenoxy) is 1. The minimum atomic E-state index is -3.36. The quantitative estimate of drug-likeness (QED) is 0.684. The van der Waals surface area contributed by atoms with E-state index in [9.17, 15) is 13.2 Å². The standard InChI is InChI=1S/C10H21NO4S/c1-6-15-9(12)7-8-11(5)16(13,14)10(2,3)4/h6-8H2,1-5H3. The molecular formula is C10H21NO4S. The van der Waals surface area contributed by atoms with E-state index in [0.717, 1.165) is 0 Å². The van der Waals surface area contributed by atoms with Crippen molar-refractivity contribution in [1.29, 1.82) is 0 Å². The molecule has 96 valence electrons. The summed E-state index contributed by atoms with van der Waals surface area (Å²) in [5.41, 5.74) is 0. The molecule has 0 unspecified atom stereocenters. The Morgan fingerprint density at radius 3 is 2.19 bits per heavy atom. The first kappa shape index (κ1) is 15.4. The van der Waals surface area contributed by atoms with E-state index in [1.165, 1.54) is 11.4 Å². The normalized spacial score (nSPS) is 12.9. The van der Waals surface area contributed by atoms with Gasteiger partial charge in [0.25, 0.3) is 0 Å². The zero-order valence-corrected chi connectivity index (χ0v) is 11.4. The van der Waals surface area contributed by atoms with Crippen LogP contribution in [0.15, 0.2) is 0 Å². The molecule has 0 saturated carbocycles. The average Bonchev–Trinajstić information content (AvgIpc) is 2.12. The maximum atomic E-state index is 11.9. The molecule has 0 aliphatic rings. The molecule has 0 aliphatic heterocycles. The Labute approximate surface area is 97.8 Å². The molecule has 0 bridgehead atoms. The van der Waals surface area contributed by atoms with Crippen molar-refractivity contribution in [3.8, 4) is 0 Å². The van der Waals surface area contributed by atoms with Gasteiger partial charge in [0.2, 0.25) is 10.0 Å². The molecule has 0 rings (SSSR count). The van der Waals surface area contributed by atoms with Crippen LogP contribution in [-0.2, 0) is 19.6 Å². The van der Waals surface area contributed by atoms with Gasteiger partial charge in [-0.3, -0.25) is 4.79 Å². The van der Waals surface area contributed by atoms with Crippen molar-refractivity contribution in [2.75, 3.05) is 20.2 Å². The van der Waals surface area contributed by atoms with E-state index in [-0.39, 0.29) is 18.9 Å². The lowest BCUT2D eigenvalue weighted by molar-refractivity contribution is -0.143. The maximum absolute atomic E-state index is 11.9. The smallest absolute Gasteiger partial charge is 0.307 e. The Bertz CT molecular complexity index is 329. The van der Waals surface area contributed by atoms with E-state index in [2.05, 4.69) is 0 Å². The molecule has 0 N–H and O–H groups in total. The predicted molar refractivity (Wildman–Crippen MR) is 62.6 cm³/mol. The molecule has 16 heavy (non-hydrogen) atoms. The summed E-state index contributed by atoms with van der Waals surface area (Å²) in [6.07, 6.45) is 0.0830. The summed E-state index contributed by atoms with van der Waals surface area (Å²) in [6, 6.07) is 0. The number of hydrogen-bond donors (Lipinski definition) is 0. The van der Waals surface area contributed by atoms with Crippen LogP contribution in [0.25, 0.3) is 0 Å². The van der Waals surface area contributed by atoms with Gasteiger partial charge in [0.05, 0.1) is 17.8 Å². The molecule has 0 heterocycles. The molecule has 0 aliphatic carbocycles. The van der Waals surface area contributed by atoms with E-state index in [1.807, 2.05) is 0 Å². The van der Waals surface area contributed by atoms with Gasteiger partial charge < -0.3 is 4.74 Å². The van der Waals surface area contributed by atoms with Crippen molar-refractivity contribution < 1.29 is 17.9 Å². The van der Waals surface area contributed by atoms with Crippen molar-refractivity contribution >= 4 is 16.0 Å². The van der Waals surface area contributed by atoms with Gasteiger partial charge in [-0.15, -0.1) is 0 Å². The predicted octanol–water partition coefficient (Wildman–Crippen LogP) is 1.000. The molecule has 5 nitrogen and oxygen atoms in total. The Morgan fingerprint density at radius 1 is 1.31 bits per heavy atom. The average molecular weight is 251 g/mol. The number of esters is 1. The van der Waals surface area contributed by atoms with Crippen LogP contribution in [-0.4, -0.2) is 43.6 Å². The van der Waals surface area contributed by atoms with Crippen LogP contribution in [0.5, 0.6) is 0 Å². The third kappa shape index (κ3) is 4.09. The van der Waals surface area contributed by atoms with Gasteiger partial charge in [0.1, 0.15) is 0 Å². The van der Waals surface area contributed by atoms with Crippen LogP contribution in [0, 0.1) is 0 Å². The van der Waals surface area contributed by atoms with Crippen LogP contribution in [0.4, 0.5) is 0 Å². The van der Waals surface area contributed by atoms with Crippen molar-refractivity contribution in [3.63, 3.8) is 0 Å². The summed E-state index contributed by atoms with van der Waals surface area (Å²) < 4.78 is 28.9. The highest BCUT2D eigenvalue weighted by Crippen LogP contribution is 2.18. The molecule has 6 heteroatoms. The zero-order chi connectivity index (χ0) is 13.0. The number of carbonyl (C=O) groups is 1. The Balaban J connectivity index is 4.38. The highest BCUT2D eigenvalue weighted by molar-refractivity contribution is 7.90. The van der Waals surface area contributed by atoms with E-state index < -0.39 is 14.8 Å². The largest absolute Gasteiger partial charge is 0.466 e. The van der Waals surface area contributed by atoms with Crippen LogP contribution in [0.3, 0.4) is 0 Å². The minimum absolute atomic E-state index is 0.0830. The first-order valence-electron chi connectivity index (χ1n) is 5.24. The van der Waals surface area contributed by atoms with Crippen molar-refractivity contribution in [2.45, 2.75) is 38.9 Å². The van der Waals surface area contributed by atoms with Gasteiger partial charge >= 0.3 is 5.97 Å². The third-order valence-corrected chi connectivity index (χ3v) is 4.67. The topological polar surface area (TPSA) is 63.7 Å². The lowest BCUT2D eigenvalue weighted by Crippen LogP contribution is -2.41. The number of sulfonamides is 1. The lowest BCUT2D eigenvalue weighted by Gasteiger charge is -2.26. The molecule has 0 aromatic carbocycles. The maximum Gasteiger partial charge on any atom is 0.307 e. The number of rotatable bonds is 5. The van der Waals surface area contributed by atoms with Gasteiger partial charge in [-0.25, -0.2) is 12.7 Å². The fourth-order valence-corrected chi connectivity index (χ4v) is 2.34. The lowest BCUT2D eigenvalue weighted by atomic mass is 10.3. The second-order valence-corrected chi connectivity index (χ2v) is 7.29.